The summed E-state index contributed by atoms with van der Waals surface area (Å²) in [6, 6.07) is 12.7. The van der Waals surface area contributed by atoms with Gasteiger partial charge in [0.2, 0.25) is 11.8 Å². The fraction of sp³-hybridized carbons (Fsp3) is 0.308. The maximum atomic E-state index is 6.16. The normalized spacial score (nSPS) is 16.2. The van der Waals surface area contributed by atoms with Crippen molar-refractivity contribution < 1.29 is 4.42 Å². The van der Waals surface area contributed by atoms with Gasteiger partial charge in [0.15, 0.2) is 0 Å². The van der Waals surface area contributed by atoms with Gasteiger partial charge in [0, 0.05) is 38.6 Å². The highest BCUT2D eigenvalue weighted by Gasteiger charge is 2.18. The van der Waals surface area contributed by atoms with E-state index in [-0.39, 0.29) is 0 Å². The van der Waals surface area contributed by atoms with Gasteiger partial charge in [-0.25, -0.2) is 0 Å². The summed E-state index contributed by atoms with van der Waals surface area (Å²) in [6.07, 6.45) is 6.57. The molecule has 0 saturated heterocycles. The van der Waals surface area contributed by atoms with E-state index >= 15 is 0 Å². The Balaban J connectivity index is 1.45. The van der Waals surface area contributed by atoms with Gasteiger partial charge in [-0.15, -0.1) is 10.2 Å². The average molecular weight is 443 g/mol. The molecule has 5 rings (SSSR count). The Morgan fingerprint density at radius 2 is 1.21 bits per heavy atom. The van der Waals surface area contributed by atoms with Gasteiger partial charge in [-0.05, 0) is 72.5 Å². The van der Waals surface area contributed by atoms with E-state index in [1.54, 1.807) is 0 Å². The minimum Gasteiger partial charge on any atom is -0.416 e. The lowest BCUT2D eigenvalue weighted by atomic mass is 9.98. The van der Waals surface area contributed by atoms with Gasteiger partial charge >= 0.3 is 0 Å². The van der Waals surface area contributed by atoms with E-state index in [0.717, 1.165) is 61.5 Å². The molecule has 2 aromatic carbocycles. The topological polar surface area (TPSA) is 87.0 Å². The van der Waals surface area contributed by atoms with E-state index in [1.807, 2.05) is 14.1 Å². The van der Waals surface area contributed by atoms with Gasteiger partial charge in [-0.1, -0.05) is 24.3 Å². The van der Waals surface area contributed by atoms with Crippen LogP contribution in [0.5, 0.6) is 0 Å². The molecule has 0 aliphatic carbocycles. The maximum absolute atomic E-state index is 6.16. The molecule has 7 heteroatoms. The summed E-state index contributed by atoms with van der Waals surface area (Å²) in [5.74, 6) is 1.01. The molecule has 0 atom stereocenters. The van der Waals surface area contributed by atoms with E-state index in [0.29, 0.717) is 11.8 Å². The highest BCUT2D eigenvalue weighted by Crippen LogP contribution is 2.35. The number of rotatable bonds is 6. The first-order valence-electron chi connectivity index (χ1n) is 11.5. The van der Waals surface area contributed by atoms with E-state index in [4.69, 9.17) is 4.42 Å². The molecule has 3 heterocycles. The van der Waals surface area contributed by atoms with Crippen molar-refractivity contribution in [2.45, 2.75) is 12.8 Å². The van der Waals surface area contributed by atoms with Crippen molar-refractivity contribution in [2.75, 3.05) is 50.9 Å². The molecule has 0 radical (unpaired) electrons. The van der Waals surface area contributed by atoms with Crippen LogP contribution in [0.2, 0.25) is 0 Å². The van der Waals surface area contributed by atoms with Gasteiger partial charge in [-0.2, -0.15) is 0 Å². The molecule has 4 N–H and O–H groups in total. The number of nitrogens with one attached hydrogen (secondary N) is 4. The second-order valence-corrected chi connectivity index (χ2v) is 8.30. The summed E-state index contributed by atoms with van der Waals surface area (Å²) in [7, 11) is 3.84. The molecule has 170 valence electrons. The third-order valence-electron chi connectivity index (χ3n) is 6.33. The fourth-order valence-corrected chi connectivity index (χ4v) is 4.49. The van der Waals surface area contributed by atoms with Crippen LogP contribution < -0.4 is 21.3 Å². The van der Waals surface area contributed by atoms with Crippen molar-refractivity contribution >= 4 is 22.5 Å². The Kier molecular flexibility index (Phi) is 6.24. The first-order chi connectivity index (χ1) is 16.3. The second kappa shape index (κ2) is 9.60. The van der Waals surface area contributed by atoms with Crippen LogP contribution in [-0.4, -0.2) is 50.5 Å². The van der Waals surface area contributed by atoms with Gasteiger partial charge in [0.05, 0.1) is 11.1 Å². The zero-order valence-corrected chi connectivity index (χ0v) is 19.2. The summed E-state index contributed by atoms with van der Waals surface area (Å²) in [5.41, 5.74) is 8.94. The molecule has 0 spiro atoms. The third kappa shape index (κ3) is 4.42. The maximum Gasteiger partial charge on any atom is 0.250 e. The lowest BCUT2D eigenvalue weighted by Gasteiger charge is -2.16. The van der Waals surface area contributed by atoms with Crippen LogP contribution in [-0.2, 0) is 0 Å². The van der Waals surface area contributed by atoms with Crippen LogP contribution in [0.15, 0.2) is 53.0 Å². The zero-order valence-electron chi connectivity index (χ0n) is 19.2. The lowest BCUT2D eigenvalue weighted by Crippen LogP contribution is -2.20. The quantitative estimate of drug-likeness (QED) is 0.454. The predicted molar refractivity (Wildman–Crippen MR) is 135 cm³/mol. The van der Waals surface area contributed by atoms with Crippen molar-refractivity contribution in [3.8, 4) is 22.9 Å². The van der Waals surface area contributed by atoms with Crippen LogP contribution in [0.25, 0.3) is 34.1 Å². The zero-order chi connectivity index (χ0) is 22.6. The predicted octanol–water partition coefficient (Wildman–Crippen LogP) is 4.24. The van der Waals surface area contributed by atoms with Crippen molar-refractivity contribution in [3.63, 3.8) is 0 Å². The number of benzene rings is 2. The first-order valence-corrected chi connectivity index (χ1v) is 11.5. The van der Waals surface area contributed by atoms with Gasteiger partial charge in [-0.3, -0.25) is 0 Å². The number of hydrogen-bond acceptors (Lipinski definition) is 7. The van der Waals surface area contributed by atoms with Crippen molar-refractivity contribution in [1.29, 1.82) is 0 Å². The van der Waals surface area contributed by atoms with E-state index in [1.165, 1.54) is 22.3 Å². The summed E-state index contributed by atoms with van der Waals surface area (Å²) in [5, 5.41) is 22.1. The van der Waals surface area contributed by atoms with Crippen LogP contribution in [0.1, 0.15) is 24.0 Å². The molecule has 0 fully saturated rings. The van der Waals surface area contributed by atoms with Gasteiger partial charge in [0.25, 0.3) is 0 Å². The summed E-state index contributed by atoms with van der Waals surface area (Å²) in [4.78, 5) is 0. The highest BCUT2D eigenvalue weighted by atomic mass is 16.4. The Hall–Kier alpha value is -3.42. The SMILES string of the molecule is CNc1cc(C2=CCNCC2)ccc1-c1nnc(-c2ccc(C3=CCNCC3)cc2NC)o1. The molecule has 3 aromatic rings. The first kappa shape index (κ1) is 21.4. The molecule has 0 unspecified atom stereocenters. The van der Waals surface area contributed by atoms with Crippen LogP contribution in [0.3, 0.4) is 0 Å². The average Bonchev–Trinajstić information content (AvgIpc) is 3.39. The lowest BCUT2D eigenvalue weighted by molar-refractivity contribution is 0.585. The van der Waals surface area contributed by atoms with Gasteiger partial charge in [0.1, 0.15) is 0 Å². The Bertz CT molecular complexity index is 1120. The molecular formula is C26H30N6O. The van der Waals surface area contributed by atoms with Gasteiger partial charge < -0.3 is 25.7 Å². The molecular weight excluding hydrogens is 412 g/mol. The monoisotopic (exact) mass is 442 g/mol. The molecule has 7 nitrogen and oxygen atoms in total. The molecule has 0 saturated carbocycles. The number of anilines is 2. The summed E-state index contributed by atoms with van der Waals surface area (Å²) >= 11 is 0. The van der Waals surface area contributed by atoms with Crippen LogP contribution in [0.4, 0.5) is 11.4 Å². The smallest absolute Gasteiger partial charge is 0.250 e. The Morgan fingerprint density at radius 3 is 1.61 bits per heavy atom. The minimum atomic E-state index is 0.507. The third-order valence-corrected chi connectivity index (χ3v) is 6.33. The van der Waals surface area contributed by atoms with Crippen molar-refractivity contribution in [3.05, 3.63) is 59.7 Å². The second-order valence-electron chi connectivity index (χ2n) is 8.30. The molecule has 0 bridgehead atoms. The summed E-state index contributed by atoms with van der Waals surface area (Å²) in [6.45, 7) is 3.85. The Labute approximate surface area is 194 Å². The van der Waals surface area contributed by atoms with Crippen LogP contribution >= 0.6 is 0 Å². The van der Waals surface area contributed by atoms with E-state index in [2.05, 4.69) is 80.0 Å². The van der Waals surface area contributed by atoms with Crippen LogP contribution in [0, 0.1) is 0 Å². The molecule has 1 aromatic heterocycles. The Morgan fingerprint density at radius 1 is 0.727 bits per heavy atom. The van der Waals surface area contributed by atoms with Crippen molar-refractivity contribution in [1.82, 2.24) is 20.8 Å². The summed E-state index contributed by atoms with van der Waals surface area (Å²) < 4.78 is 6.16. The fourth-order valence-electron chi connectivity index (χ4n) is 4.49. The van der Waals surface area contributed by atoms with E-state index in [9.17, 15) is 0 Å². The molecule has 33 heavy (non-hydrogen) atoms. The molecule has 2 aliphatic heterocycles. The number of nitrogens with zero attached hydrogens (tertiary/aromatic N) is 2. The highest BCUT2D eigenvalue weighted by molar-refractivity contribution is 5.81. The van der Waals surface area contributed by atoms with E-state index < -0.39 is 0 Å². The number of aromatic nitrogens is 2. The standard InChI is InChI=1S/C26H30N6O/c1-27-23-15-19(17-7-11-29-12-8-17)3-5-21(23)25-31-32-26(33-25)22-6-4-20(16-24(22)28-2)18-9-13-30-14-10-18/h3-7,9,15-16,27-30H,8,10-14H2,1-2H3. The number of hydrogen-bond donors (Lipinski definition) is 4. The largest absolute Gasteiger partial charge is 0.416 e. The minimum absolute atomic E-state index is 0.507. The molecule has 2 aliphatic rings. The van der Waals surface area contributed by atoms with Crippen molar-refractivity contribution in [2.24, 2.45) is 0 Å². The molecule has 0 amide bonds.